The molecule has 4 nitrogen and oxygen atoms in total. The molecule has 168 valence electrons. The summed E-state index contributed by atoms with van der Waals surface area (Å²) in [7, 11) is -5.43. The van der Waals surface area contributed by atoms with E-state index in [4.69, 9.17) is 18.2 Å². The maximum atomic E-state index is 8.92. The summed E-state index contributed by atoms with van der Waals surface area (Å²) >= 11 is 0. The third-order valence-corrected chi connectivity index (χ3v) is 14.2. The van der Waals surface area contributed by atoms with Gasteiger partial charge in [0.2, 0.25) is 0 Å². The van der Waals surface area contributed by atoms with Crippen molar-refractivity contribution in [2.75, 3.05) is 6.61 Å². The monoisotopic (exact) mass is 471 g/mol. The predicted octanol–water partition coefficient (Wildman–Crippen LogP) is 7.16. The minimum absolute atomic E-state index is 0.674. The van der Waals surface area contributed by atoms with Gasteiger partial charge in [0, 0.05) is 0 Å². The van der Waals surface area contributed by atoms with Crippen molar-refractivity contribution in [2.24, 2.45) is 0 Å². The number of ether oxygens (including phenoxy) is 1. The van der Waals surface area contributed by atoms with Crippen LogP contribution in [-0.4, -0.2) is 31.8 Å². The first-order valence-corrected chi connectivity index (χ1v) is 20.4. The molecular weight excluding hydrogens is 435 g/mol. The van der Waals surface area contributed by atoms with Crippen molar-refractivity contribution in [1.29, 1.82) is 5.26 Å². The van der Waals surface area contributed by atoms with Crippen molar-refractivity contribution in [3.63, 3.8) is 0 Å². The summed E-state index contributed by atoms with van der Waals surface area (Å²) < 4.78 is 19.1. The number of unbranched alkanes of at least 4 members (excludes halogenated alkanes) is 1. The van der Waals surface area contributed by atoms with E-state index in [1.165, 1.54) is 0 Å². The van der Waals surface area contributed by atoms with Gasteiger partial charge in [-0.1, -0.05) is 24.3 Å². The normalized spacial score (nSPS) is 12.5. The summed E-state index contributed by atoms with van der Waals surface area (Å²) in [6.07, 6.45) is 2.05. The van der Waals surface area contributed by atoms with Gasteiger partial charge in [0.05, 0.1) is 18.2 Å². The number of rotatable bonds is 11. The highest BCUT2D eigenvalue weighted by Gasteiger charge is 2.39. The average molecular weight is 472 g/mol. The molecule has 7 heteroatoms. The summed E-state index contributed by atoms with van der Waals surface area (Å²) in [5, 5.41) is 8.92. The zero-order valence-electron chi connectivity index (χ0n) is 20.1. The van der Waals surface area contributed by atoms with E-state index < -0.39 is 25.2 Å². The molecule has 0 saturated carbocycles. The van der Waals surface area contributed by atoms with Gasteiger partial charge in [-0.05, 0) is 100 Å². The number of hydrogen-bond acceptors (Lipinski definition) is 4. The Kier molecular flexibility index (Phi) is 8.86. The van der Waals surface area contributed by atoms with Gasteiger partial charge in [0.25, 0.3) is 0 Å². The van der Waals surface area contributed by atoms with E-state index in [0.717, 1.165) is 35.8 Å². The molecule has 0 N–H and O–H groups in total. The van der Waals surface area contributed by atoms with E-state index in [-0.39, 0.29) is 0 Å². The van der Waals surface area contributed by atoms with Crippen LogP contribution >= 0.6 is 0 Å². The molecule has 0 aliphatic carbocycles. The smallest absolute Gasteiger partial charge is 0.314 e. The standard InChI is InChI=1S/C24H37NO3Si3/c1-29(2,3)27-31(7,28-30(4,5)6)19-9-8-18-26-24-16-14-23(15-17-24)22-12-10-21(20-25)11-13-22/h10-17H,8-9,18-19H2,1-7H3. The van der Waals surface area contributed by atoms with Crippen LogP contribution in [-0.2, 0) is 8.23 Å². The van der Waals surface area contributed by atoms with Crippen molar-refractivity contribution in [3.8, 4) is 22.9 Å². The molecule has 0 aliphatic rings. The van der Waals surface area contributed by atoms with Crippen molar-refractivity contribution in [2.45, 2.75) is 64.7 Å². The molecule has 0 bridgehead atoms. The molecule has 0 amide bonds. The molecular formula is C24H37NO3Si3. The Labute approximate surface area is 191 Å². The summed E-state index contributed by atoms with van der Waals surface area (Å²) in [5.41, 5.74) is 2.89. The van der Waals surface area contributed by atoms with Gasteiger partial charge >= 0.3 is 8.56 Å². The minimum Gasteiger partial charge on any atom is -0.494 e. The van der Waals surface area contributed by atoms with Crippen molar-refractivity contribution < 1.29 is 13.0 Å². The summed E-state index contributed by atoms with van der Waals surface area (Å²) in [5.74, 6) is 0.883. The molecule has 0 atom stereocenters. The minimum atomic E-state index is -2.15. The Morgan fingerprint density at radius 1 is 0.710 bits per heavy atom. The molecule has 2 rings (SSSR count). The molecule has 0 aliphatic heterocycles. The number of benzene rings is 2. The second-order valence-corrected chi connectivity index (χ2v) is 22.9. The second kappa shape index (κ2) is 10.7. The van der Waals surface area contributed by atoms with Crippen LogP contribution in [0.1, 0.15) is 18.4 Å². The lowest BCUT2D eigenvalue weighted by Gasteiger charge is -2.38. The van der Waals surface area contributed by atoms with E-state index in [9.17, 15) is 0 Å². The number of nitriles is 1. The highest BCUT2D eigenvalue weighted by Crippen LogP contribution is 2.26. The highest BCUT2D eigenvalue weighted by molar-refractivity contribution is 6.87. The predicted molar refractivity (Wildman–Crippen MR) is 137 cm³/mol. The quantitative estimate of drug-likeness (QED) is 0.258. The van der Waals surface area contributed by atoms with E-state index >= 15 is 0 Å². The third-order valence-electron chi connectivity index (χ3n) is 4.54. The third kappa shape index (κ3) is 9.54. The van der Waals surface area contributed by atoms with Crippen LogP contribution in [0.2, 0.25) is 51.9 Å². The summed E-state index contributed by atoms with van der Waals surface area (Å²) in [6.45, 7) is 16.4. The van der Waals surface area contributed by atoms with Crippen molar-refractivity contribution in [1.82, 2.24) is 0 Å². The summed E-state index contributed by atoms with van der Waals surface area (Å²) in [6, 6.07) is 18.9. The van der Waals surface area contributed by atoms with Crippen molar-refractivity contribution >= 4 is 25.2 Å². The average Bonchev–Trinajstić information content (AvgIpc) is 2.65. The molecule has 0 aromatic heterocycles. The Morgan fingerprint density at radius 2 is 1.19 bits per heavy atom. The molecule has 0 heterocycles. The van der Waals surface area contributed by atoms with Crippen LogP contribution in [0.15, 0.2) is 48.5 Å². The molecule has 0 unspecified atom stereocenters. The number of hydrogen-bond donors (Lipinski definition) is 0. The first-order chi connectivity index (χ1) is 14.4. The molecule has 31 heavy (non-hydrogen) atoms. The van der Waals surface area contributed by atoms with Gasteiger partial charge in [-0.15, -0.1) is 0 Å². The van der Waals surface area contributed by atoms with Crippen molar-refractivity contribution in [3.05, 3.63) is 54.1 Å². The Hall–Kier alpha value is -1.70. The maximum Gasteiger partial charge on any atom is 0.314 e. The molecule has 0 spiro atoms. The van der Waals surface area contributed by atoms with Crippen LogP contribution in [0.25, 0.3) is 11.1 Å². The summed E-state index contributed by atoms with van der Waals surface area (Å²) in [4.78, 5) is 0. The topological polar surface area (TPSA) is 51.5 Å². The van der Waals surface area contributed by atoms with Gasteiger partial charge < -0.3 is 13.0 Å². The fourth-order valence-electron chi connectivity index (χ4n) is 3.64. The van der Waals surface area contributed by atoms with Gasteiger partial charge in [-0.3, -0.25) is 0 Å². The van der Waals surface area contributed by atoms with E-state index in [2.05, 4.69) is 64.0 Å². The lowest BCUT2D eigenvalue weighted by Crippen LogP contribution is -2.52. The maximum absolute atomic E-state index is 8.92. The second-order valence-electron chi connectivity index (χ2n) is 10.1. The largest absolute Gasteiger partial charge is 0.494 e. The molecule has 0 saturated heterocycles. The van der Waals surface area contributed by atoms with Crippen LogP contribution in [0.3, 0.4) is 0 Å². The SMILES string of the molecule is C[Si](C)(C)O[Si](C)(CCCCOc1ccc(-c2ccc(C#N)cc2)cc1)O[Si](C)(C)C. The lowest BCUT2D eigenvalue weighted by atomic mass is 10.0. The first kappa shape index (κ1) is 25.6. The van der Waals surface area contributed by atoms with Crippen LogP contribution in [0.4, 0.5) is 0 Å². The molecule has 2 aromatic carbocycles. The van der Waals surface area contributed by atoms with E-state index in [0.29, 0.717) is 12.2 Å². The van der Waals surface area contributed by atoms with Crippen LogP contribution in [0.5, 0.6) is 5.75 Å². The first-order valence-electron chi connectivity index (χ1n) is 11.0. The zero-order chi connectivity index (χ0) is 23.1. The van der Waals surface area contributed by atoms with Crippen LogP contribution in [0, 0.1) is 11.3 Å². The zero-order valence-corrected chi connectivity index (χ0v) is 23.1. The Balaban J connectivity index is 1.83. The molecule has 0 radical (unpaired) electrons. The number of nitrogens with zero attached hydrogens (tertiary/aromatic N) is 1. The van der Waals surface area contributed by atoms with Gasteiger partial charge in [-0.2, -0.15) is 5.26 Å². The Morgan fingerprint density at radius 3 is 1.65 bits per heavy atom. The molecule has 2 aromatic rings. The van der Waals surface area contributed by atoms with E-state index in [1.807, 2.05) is 36.4 Å². The highest BCUT2D eigenvalue weighted by atomic mass is 28.5. The van der Waals surface area contributed by atoms with Crippen LogP contribution < -0.4 is 4.74 Å². The van der Waals surface area contributed by atoms with Gasteiger partial charge in [0.1, 0.15) is 5.75 Å². The fraction of sp³-hybridized carbons (Fsp3) is 0.458. The van der Waals surface area contributed by atoms with E-state index in [1.54, 1.807) is 0 Å². The van der Waals surface area contributed by atoms with Gasteiger partial charge in [0.15, 0.2) is 16.6 Å². The molecule has 0 fully saturated rings. The lowest BCUT2D eigenvalue weighted by molar-refractivity contribution is 0.305. The van der Waals surface area contributed by atoms with Gasteiger partial charge in [-0.25, -0.2) is 0 Å². The Bertz CT molecular complexity index is 847. The fourth-order valence-corrected chi connectivity index (χ4v) is 16.3.